The van der Waals surface area contributed by atoms with Crippen LogP contribution in [0.4, 0.5) is 0 Å². The van der Waals surface area contributed by atoms with Gasteiger partial charge in [0, 0.05) is 60.8 Å². The number of hydrogen-bond donors (Lipinski definition) is 0. The van der Waals surface area contributed by atoms with Gasteiger partial charge in [0.05, 0.1) is 11.0 Å². The van der Waals surface area contributed by atoms with Crippen LogP contribution in [0.2, 0.25) is 0 Å². The van der Waals surface area contributed by atoms with Crippen molar-refractivity contribution >= 4 is 33.4 Å². The summed E-state index contributed by atoms with van der Waals surface area (Å²) >= 11 is 0. The average Bonchev–Trinajstić information content (AvgIpc) is 3.77. The van der Waals surface area contributed by atoms with Gasteiger partial charge in [-0.05, 0) is 69.8 Å². The highest BCUT2D eigenvalue weighted by Crippen LogP contribution is 2.51. The zero-order valence-corrected chi connectivity index (χ0v) is 33.9. The molecule has 0 saturated carbocycles. The van der Waals surface area contributed by atoms with Gasteiger partial charge in [-0.25, -0.2) is 15.0 Å². The van der Waals surface area contributed by atoms with Gasteiger partial charge in [0.15, 0.2) is 29.0 Å². The van der Waals surface area contributed by atoms with Crippen LogP contribution in [0.3, 0.4) is 0 Å². The van der Waals surface area contributed by atoms with Gasteiger partial charge < -0.3 is 4.57 Å². The van der Waals surface area contributed by atoms with Crippen LogP contribution in [0, 0.1) is 0 Å². The molecule has 0 amide bonds. The maximum atomic E-state index is 15.3. The van der Waals surface area contributed by atoms with E-state index in [-0.39, 0.29) is 17.0 Å². The Hall–Kier alpha value is -8.09. The van der Waals surface area contributed by atoms with Gasteiger partial charge in [-0.2, -0.15) is 0 Å². The lowest BCUT2D eigenvalue weighted by molar-refractivity contribution is 0.0980. The number of aromatic nitrogens is 4. The number of benzene rings is 8. The Bertz CT molecular complexity index is 3460. The van der Waals surface area contributed by atoms with Gasteiger partial charge in [0.1, 0.15) is 0 Å². The van der Waals surface area contributed by atoms with Crippen LogP contribution < -0.4 is 0 Å². The molecule has 8 aromatic carbocycles. The van der Waals surface area contributed by atoms with E-state index in [1.807, 2.05) is 84.9 Å². The number of rotatable bonds is 5. The molecule has 12 rings (SSSR count). The number of carbonyl (C=O) groups is 2. The normalized spacial score (nSPS) is 13.5. The SMILES string of the molecule is CC1(C)c2ccccc2-c2cc3c4cc(-c5cccc6c5C(=O)c5c(cccc5-c5nc(-c7ccccc7)nc(-c7ccccc7)n5)C6=O)ccc4n(-c4ccccc4)c3cc21. The van der Waals surface area contributed by atoms with Crippen molar-refractivity contribution in [3.8, 4) is 62.1 Å². The Morgan fingerprint density at radius 1 is 0.387 bits per heavy atom. The molecular weight excluding hydrogens is 761 g/mol. The van der Waals surface area contributed by atoms with E-state index in [2.05, 4.69) is 97.3 Å². The Morgan fingerprint density at radius 2 is 0.919 bits per heavy atom. The molecule has 6 heteroatoms. The van der Waals surface area contributed by atoms with Crippen molar-refractivity contribution in [2.24, 2.45) is 0 Å². The van der Waals surface area contributed by atoms with Crippen LogP contribution in [-0.4, -0.2) is 31.1 Å². The molecule has 0 fully saturated rings. The van der Waals surface area contributed by atoms with Crippen LogP contribution >= 0.6 is 0 Å². The predicted octanol–water partition coefficient (Wildman–Crippen LogP) is 12.7. The van der Waals surface area contributed by atoms with Crippen LogP contribution in [0.5, 0.6) is 0 Å². The maximum Gasteiger partial charge on any atom is 0.195 e. The highest BCUT2D eigenvalue weighted by molar-refractivity contribution is 6.32. The molecular formula is C56H36N4O2. The summed E-state index contributed by atoms with van der Waals surface area (Å²) in [6, 6.07) is 60.7. The number of para-hydroxylation sites is 1. The van der Waals surface area contributed by atoms with Gasteiger partial charge >= 0.3 is 0 Å². The van der Waals surface area contributed by atoms with Gasteiger partial charge in [-0.15, -0.1) is 0 Å². The Labute approximate surface area is 357 Å². The van der Waals surface area contributed by atoms with Crippen LogP contribution in [0.1, 0.15) is 56.8 Å². The van der Waals surface area contributed by atoms with E-state index in [1.165, 1.54) is 22.3 Å². The Kier molecular flexibility index (Phi) is 7.78. The summed E-state index contributed by atoms with van der Waals surface area (Å²) in [6.45, 7) is 4.62. The monoisotopic (exact) mass is 796 g/mol. The summed E-state index contributed by atoms with van der Waals surface area (Å²) in [7, 11) is 0. The zero-order valence-electron chi connectivity index (χ0n) is 33.9. The molecule has 0 aliphatic heterocycles. The summed E-state index contributed by atoms with van der Waals surface area (Å²) in [4.78, 5) is 44.7. The fraction of sp³-hybridized carbons (Fsp3) is 0.0536. The highest BCUT2D eigenvalue weighted by Gasteiger charge is 2.37. The average molecular weight is 797 g/mol. The number of fused-ring (bicyclic) bond motifs is 8. The molecule has 0 bridgehead atoms. The molecule has 0 unspecified atom stereocenters. The minimum absolute atomic E-state index is 0.165. The van der Waals surface area contributed by atoms with Gasteiger partial charge in [-0.1, -0.05) is 159 Å². The molecule has 62 heavy (non-hydrogen) atoms. The molecule has 0 spiro atoms. The van der Waals surface area contributed by atoms with Gasteiger partial charge in [-0.3, -0.25) is 9.59 Å². The fourth-order valence-corrected chi connectivity index (χ4v) is 9.83. The topological polar surface area (TPSA) is 77.7 Å². The van der Waals surface area contributed by atoms with Crippen LogP contribution in [0.15, 0.2) is 182 Å². The molecule has 10 aromatic rings. The minimum Gasteiger partial charge on any atom is -0.309 e. The zero-order chi connectivity index (χ0) is 41.7. The standard InChI is InChI=1S/C56H36N4O2/c1-56(2)45-27-13-12-22-38(45)42-31-44-43-30-35(28-29-47(43)60(48(44)32-46(42)56)36-20-10-5-11-21-36)37-23-14-24-39-49(37)52(62)50-40(51(39)61)25-15-26-41(50)55-58-53(33-16-6-3-7-17-33)57-54(59-55)34-18-8-4-9-19-34/h3-32H,1-2H3. The summed E-state index contributed by atoms with van der Waals surface area (Å²) in [5, 5.41) is 2.18. The van der Waals surface area contributed by atoms with Gasteiger partial charge in [0.25, 0.3) is 0 Å². The lowest BCUT2D eigenvalue weighted by Gasteiger charge is -2.22. The number of hydrogen-bond acceptors (Lipinski definition) is 5. The van der Waals surface area contributed by atoms with Crippen molar-refractivity contribution in [1.29, 1.82) is 0 Å². The van der Waals surface area contributed by atoms with E-state index < -0.39 is 0 Å². The fourth-order valence-electron chi connectivity index (χ4n) is 9.83. The maximum absolute atomic E-state index is 15.3. The predicted molar refractivity (Wildman–Crippen MR) is 247 cm³/mol. The molecule has 292 valence electrons. The van der Waals surface area contributed by atoms with E-state index in [0.717, 1.165) is 44.2 Å². The molecule has 0 atom stereocenters. The summed E-state index contributed by atoms with van der Waals surface area (Å²) in [6.07, 6.45) is 0. The molecule has 2 aliphatic carbocycles. The van der Waals surface area contributed by atoms with Crippen molar-refractivity contribution in [1.82, 2.24) is 19.5 Å². The van der Waals surface area contributed by atoms with Crippen molar-refractivity contribution in [2.75, 3.05) is 0 Å². The molecule has 0 saturated heterocycles. The molecule has 2 heterocycles. The third-order valence-electron chi connectivity index (χ3n) is 12.8. The number of ketones is 2. The lowest BCUT2D eigenvalue weighted by Crippen LogP contribution is -2.23. The largest absolute Gasteiger partial charge is 0.309 e. The van der Waals surface area contributed by atoms with Gasteiger partial charge in [0.2, 0.25) is 0 Å². The Balaban J connectivity index is 1.05. The van der Waals surface area contributed by atoms with Crippen molar-refractivity contribution in [2.45, 2.75) is 19.3 Å². The number of carbonyl (C=O) groups excluding carboxylic acids is 2. The first-order valence-electron chi connectivity index (χ1n) is 20.9. The van der Waals surface area contributed by atoms with Crippen LogP contribution in [0.25, 0.3) is 83.9 Å². The first-order valence-corrected chi connectivity index (χ1v) is 20.9. The second-order valence-corrected chi connectivity index (χ2v) is 16.6. The lowest BCUT2D eigenvalue weighted by atomic mass is 9.78. The minimum atomic E-state index is -0.243. The molecule has 2 aliphatic rings. The Morgan fingerprint density at radius 3 is 1.60 bits per heavy atom. The van der Waals surface area contributed by atoms with Crippen molar-refractivity contribution in [3.63, 3.8) is 0 Å². The van der Waals surface area contributed by atoms with Crippen molar-refractivity contribution < 1.29 is 9.59 Å². The quantitative estimate of drug-likeness (QED) is 0.173. The third-order valence-corrected chi connectivity index (χ3v) is 12.8. The van der Waals surface area contributed by atoms with E-state index in [0.29, 0.717) is 50.9 Å². The van der Waals surface area contributed by atoms with E-state index >= 15 is 4.79 Å². The third kappa shape index (κ3) is 5.26. The van der Waals surface area contributed by atoms with Crippen molar-refractivity contribution in [3.05, 3.63) is 215 Å². The second kappa shape index (κ2) is 13.5. The molecule has 0 radical (unpaired) electrons. The smallest absolute Gasteiger partial charge is 0.195 e. The summed E-state index contributed by atoms with van der Waals surface area (Å²) in [5.74, 6) is 0.820. The highest BCUT2D eigenvalue weighted by atomic mass is 16.1. The first-order chi connectivity index (χ1) is 30.3. The molecule has 0 N–H and O–H groups in total. The summed E-state index contributed by atoms with van der Waals surface area (Å²) in [5.41, 5.74) is 13.2. The van der Waals surface area contributed by atoms with E-state index in [1.54, 1.807) is 18.2 Å². The van der Waals surface area contributed by atoms with E-state index in [4.69, 9.17) is 15.0 Å². The first kappa shape index (κ1) is 35.8. The molecule has 2 aromatic heterocycles. The van der Waals surface area contributed by atoms with Crippen LogP contribution in [-0.2, 0) is 5.41 Å². The summed E-state index contributed by atoms with van der Waals surface area (Å²) < 4.78 is 2.34. The van der Waals surface area contributed by atoms with E-state index in [9.17, 15) is 4.79 Å². The number of nitrogens with zero attached hydrogens (tertiary/aromatic N) is 4. The molecule has 6 nitrogen and oxygen atoms in total. The second-order valence-electron chi connectivity index (χ2n) is 16.6.